The SMILES string of the molecule is CCC1=C(C)C(=O)N/C1=C\c1[nH]c(Cc2[nH]c(/C=C3\NC(=O)C(C)=C3CC)c(C)c2C[C@H](C)C(=O)O)c(C[C@@H](C)C(=O)O)c1C. The molecule has 2 aromatic rings. The molecule has 10 nitrogen and oxygen atoms in total. The Kier molecular flexibility index (Phi) is 9.75. The molecule has 4 heterocycles. The molecule has 4 rings (SSSR count). The lowest BCUT2D eigenvalue weighted by Gasteiger charge is -2.12. The summed E-state index contributed by atoms with van der Waals surface area (Å²) < 4.78 is 0. The molecule has 0 fully saturated rings. The molecule has 0 spiro atoms. The Balaban J connectivity index is 1.85. The molecule has 0 saturated heterocycles. The van der Waals surface area contributed by atoms with Crippen LogP contribution in [0.1, 0.15) is 99.4 Å². The number of H-pyrrole nitrogens is 2. The number of aliphatic carboxylic acids is 2. The van der Waals surface area contributed by atoms with E-state index in [1.165, 1.54) is 0 Å². The first kappa shape index (κ1) is 33.3. The van der Waals surface area contributed by atoms with Gasteiger partial charge in [0, 0.05) is 51.7 Å². The Labute approximate surface area is 263 Å². The molecule has 10 heteroatoms. The maximum atomic E-state index is 12.4. The molecular weight excluding hydrogens is 572 g/mol. The van der Waals surface area contributed by atoms with Crippen molar-refractivity contribution in [2.24, 2.45) is 11.8 Å². The topological polar surface area (TPSA) is 164 Å². The number of nitrogens with one attached hydrogen (secondary N) is 4. The van der Waals surface area contributed by atoms with Gasteiger partial charge in [-0.25, -0.2) is 0 Å². The Morgan fingerprint density at radius 1 is 0.689 bits per heavy atom. The summed E-state index contributed by atoms with van der Waals surface area (Å²) in [7, 11) is 0. The van der Waals surface area contributed by atoms with Crippen LogP contribution < -0.4 is 10.6 Å². The molecule has 0 bridgehead atoms. The van der Waals surface area contributed by atoms with E-state index in [2.05, 4.69) is 20.6 Å². The van der Waals surface area contributed by atoms with Gasteiger partial charge < -0.3 is 30.8 Å². The zero-order valence-corrected chi connectivity index (χ0v) is 27.4. The maximum absolute atomic E-state index is 12.4. The fraction of sp³-hybridized carbons (Fsp3) is 0.429. The number of amides is 2. The number of rotatable bonds is 12. The van der Waals surface area contributed by atoms with Crippen LogP contribution in [0.5, 0.6) is 0 Å². The third-order valence-electron chi connectivity index (χ3n) is 9.25. The second kappa shape index (κ2) is 13.2. The number of allylic oxidation sites excluding steroid dienone is 2. The smallest absolute Gasteiger partial charge is 0.306 e. The first-order valence-electron chi connectivity index (χ1n) is 15.5. The zero-order chi connectivity index (χ0) is 33.3. The van der Waals surface area contributed by atoms with Gasteiger partial charge in [0.2, 0.25) is 0 Å². The van der Waals surface area contributed by atoms with Gasteiger partial charge in [-0.2, -0.15) is 0 Å². The molecule has 0 unspecified atom stereocenters. The monoisotopic (exact) mass is 616 g/mol. The number of carbonyl (C=O) groups excluding carboxylic acids is 2. The van der Waals surface area contributed by atoms with Crippen LogP contribution in [-0.2, 0) is 38.4 Å². The molecule has 2 aliphatic rings. The van der Waals surface area contributed by atoms with Gasteiger partial charge in [0.25, 0.3) is 11.8 Å². The van der Waals surface area contributed by atoms with E-state index in [4.69, 9.17) is 0 Å². The third kappa shape index (κ3) is 6.60. The number of hydrogen-bond donors (Lipinski definition) is 6. The van der Waals surface area contributed by atoms with Crippen molar-refractivity contribution in [3.8, 4) is 0 Å². The van der Waals surface area contributed by atoms with Crippen molar-refractivity contribution < 1.29 is 29.4 Å². The van der Waals surface area contributed by atoms with E-state index in [1.807, 2.05) is 39.8 Å². The zero-order valence-electron chi connectivity index (χ0n) is 27.4. The van der Waals surface area contributed by atoms with E-state index >= 15 is 0 Å². The molecule has 2 atom stereocenters. The van der Waals surface area contributed by atoms with Crippen molar-refractivity contribution >= 4 is 35.9 Å². The van der Waals surface area contributed by atoms with Crippen LogP contribution in [0.15, 0.2) is 33.7 Å². The van der Waals surface area contributed by atoms with Crippen molar-refractivity contribution in [2.75, 3.05) is 0 Å². The van der Waals surface area contributed by atoms with Gasteiger partial charge in [0.1, 0.15) is 0 Å². The summed E-state index contributed by atoms with van der Waals surface area (Å²) >= 11 is 0. The van der Waals surface area contributed by atoms with E-state index in [0.29, 0.717) is 43.3 Å². The standard InChI is InChI=1S/C35H44N4O6/c1-9-22-20(7)32(40)38-28(22)13-26-18(5)24(11-16(3)34(42)43)30(36-26)15-31-25(12-17(4)35(44)45)19(6)27(37-31)14-29-23(10-2)21(8)33(41)39-29/h13-14,16-17,36-37H,9-12,15H2,1-8H3,(H,38,40)(H,39,41)(H,42,43)(H,44,45)/b28-13-,29-14-/t16-,17+. The molecule has 0 radical (unpaired) electrons. The molecule has 240 valence electrons. The Bertz CT molecular complexity index is 1590. The van der Waals surface area contributed by atoms with Crippen molar-refractivity contribution in [1.29, 1.82) is 0 Å². The summed E-state index contributed by atoms with van der Waals surface area (Å²) in [6, 6.07) is 0. The Morgan fingerprint density at radius 3 is 1.36 bits per heavy atom. The molecule has 2 aromatic heterocycles. The minimum Gasteiger partial charge on any atom is -0.481 e. The molecular formula is C35H44N4O6. The molecule has 2 amide bonds. The van der Waals surface area contributed by atoms with Gasteiger partial charge in [-0.3, -0.25) is 19.2 Å². The summed E-state index contributed by atoms with van der Waals surface area (Å²) in [5.41, 5.74) is 11.4. The number of carbonyl (C=O) groups is 4. The first-order valence-corrected chi connectivity index (χ1v) is 15.5. The number of aromatic amines is 2. The van der Waals surface area contributed by atoms with E-state index < -0.39 is 23.8 Å². The highest BCUT2D eigenvalue weighted by atomic mass is 16.4. The molecule has 0 saturated carbocycles. The van der Waals surface area contributed by atoms with Crippen LogP contribution in [0.3, 0.4) is 0 Å². The lowest BCUT2D eigenvalue weighted by Crippen LogP contribution is -2.15. The van der Waals surface area contributed by atoms with Crippen LogP contribution in [-0.4, -0.2) is 43.9 Å². The van der Waals surface area contributed by atoms with Crippen LogP contribution >= 0.6 is 0 Å². The van der Waals surface area contributed by atoms with Crippen molar-refractivity contribution in [2.45, 2.75) is 87.5 Å². The van der Waals surface area contributed by atoms with E-state index in [9.17, 15) is 29.4 Å². The van der Waals surface area contributed by atoms with Crippen LogP contribution in [0.4, 0.5) is 0 Å². The minimum atomic E-state index is -0.898. The van der Waals surface area contributed by atoms with Gasteiger partial charge in [-0.05, 0) is 98.9 Å². The minimum absolute atomic E-state index is 0.127. The number of carboxylic acid groups (broad SMARTS) is 2. The molecule has 45 heavy (non-hydrogen) atoms. The van der Waals surface area contributed by atoms with E-state index in [0.717, 1.165) is 67.6 Å². The number of aromatic nitrogens is 2. The van der Waals surface area contributed by atoms with Gasteiger partial charge in [0.05, 0.1) is 11.8 Å². The van der Waals surface area contributed by atoms with Gasteiger partial charge in [-0.1, -0.05) is 27.7 Å². The van der Waals surface area contributed by atoms with Crippen LogP contribution in [0.2, 0.25) is 0 Å². The lowest BCUT2D eigenvalue weighted by atomic mass is 9.93. The third-order valence-corrected chi connectivity index (χ3v) is 9.25. The highest BCUT2D eigenvalue weighted by Crippen LogP contribution is 2.33. The first-order chi connectivity index (χ1) is 21.2. The van der Waals surface area contributed by atoms with Gasteiger partial charge in [0.15, 0.2) is 0 Å². The lowest BCUT2D eigenvalue weighted by molar-refractivity contribution is -0.142. The summed E-state index contributed by atoms with van der Waals surface area (Å²) in [4.78, 5) is 55.6. The van der Waals surface area contributed by atoms with Crippen molar-refractivity contribution in [3.63, 3.8) is 0 Å². The van der Waals surface area contributed by atoms with E-state index in [-0.39, 0.29) is 11.8 Å². The summed E-state index contributed by atoms with van der Waals surface area (Å²) in [6.07, 6.45) is 6.16. The molecule has 2 aliphatic heterocycles. The van der Waals surface area contributed by atoms with Gasteiger partial charge >= 0.3 is 11.9 Å². The maximum Gasteiger partial charge on any atom is 0.306 e. The molecule has 0 aromatic carbocycles. The largest absolute Gasteiger partial charge is 0.481 e. The quantitative estimate of drug-likeness (QED) is 0.185. The molecule has 6 N–H and O–H groups in total. The highest BCUT2D eigenvalue weighted by molar-refractivity contribution is 6.01. The summed E-state index contributed by atoms with van der Waals surface area (Å²) in [6.45, 7) is 14.8. The fourth-order valence-corrected chi connectivity index (χ4v) is 6.26. The fourth-order valence-electron chi connectivity index (χ4n) is 6.26. The van der Waals surface area contributed by atoms with E-state index in [1.54, 1.807) is 27.7 Å². The van der Waals surface area contributed by atoms with Crippen LogP contribution in [0, 0.1) is 25.7 Å². The van der Waals surface area contributed by atoms with Crippen molar-refractivity contribution in [1.82, 2.24) is 20.6 Å². The second-order valence-electron chi connectivity index (χ2n) is 12.2. The predicted molar refractivity (Wildman–Crippen MR) is 173 cm³/mol. The average molecular weight is 617 g/mol. The van der Waals surface area contributed by atoms with Gasteiger partial charge in [-0.15, -0.1) is 0 Å². The Morgan fingerprint density at radius 2 is 1.04 bits per heavy atom. The normalized spacial score (nSPS) is 18.3. The highest BCUT2D eigenvalue weighted by Gasteiger charge is 2.27. The average Bonchev–Trinajstić information content (AvgIpc) is 3.62. The van der Waals surface area contributed by atoms with Crippen LogP contribution in [0.25, 0.3) is 12.2 Å². The number of hydrogen-bond acceptors (Lipinski definition) is 4. The Hall–Kier alpha value is -4.60. The summed E-state index contributed by atoms with van der Waals surface area (Å²) in [5.74, 6) is -3.32. The second-order valence-corrected chi connectivity index (χ2v) is 12.2. The number of carboxylic acids is 2. The summed E-state index contributed by atoms with van der Waals surface area (Å²) in [5, 5.41) is 25.4. The van der Waals surface area contributed by atoms with Crippen molar-refractivity contribution in [3.05, 3.63) is 78.7 Å². The predicted octanol–water partition coefficient (Wildman–Crippen LogP) is 5.47. The molecule has 0 aliphatic carbocycles.